The van der Waals surface area contributed by atoms with Crippen molar-refractivity contribution in [1.29, 1.82) is 0 Å². The number of hydrogen-bond donors (Lipinski definition) is 0. The molecule has 1 aromatic heterocycles. The van der Waals surface area contributed by atoms with Crippen molar-refractivity contribution in [3.63, 3.8) is 0 Å². The lowest BCUT2D eigenvalue weighted by atomic mass is 10.1. The fraction of sp³-hybridized carbons (Fsp3) is 0.105. The van der Waals surface area contributed by atoms with E-state index in [4.69, 9.17) is 12.2 Å². The van der Waals surface area contributed by atoms with E-state index < -0.39 is 0 Å². The average Bonchev–Trinajstić information content (AvgIpc) is 2.54. The van der Waals surface area contributed by atoms with Gasteiger partial charge in [0.25, 0.3) is 0 Å². The predicted molar refractivity (Wildman–Crippen MR) is 105 cm³/mol. The van der Waals surface area contributed by atoms with E-state index in [1.54, 1.807) is 0 Å². The summed E-state index contributed by atoms with van der Waals surface area (Å²) in [7, 11) is 2.11. The van der Waals surface area contributed by atoms with Crippen molar-refractivity contribution in [1.82, 2.24) is 4.57 Å². The second-order valence-electron chi connectivity index (χ2n) is 5.35. The standard InChI is InChI=1S/C19H16INS/c1-13-8-10-15(11-9-13)19-18(20)17(22)12-16(21(19)2)14-6-4-3-5-7-14/h3-12H,1-2H3. The van der Waals surface area contributed by atoms with Crippen LogP contribution in [-0.4, -0.2) is 4.57 Å². The predicted octanol–water partition coefficient (Wildman–Crippen LogP) is 6.00. The van der Waals surface area contributed by atoms with Gasteiger partial charge in [0.15, 0.2) is 0 Å². The van der Waals surface area contributed by atoms with Crippen molar-refractivity contribution in [2.45, 2.75) is 6.92 Å². The molecule has 0 amide bonds. The van der Waals surface area contributed by atoms with Gasteiger partial charge in [0.05, 0.1) is 13.8 Å². The lowest BCUT2D eigenvalue weighted by Crippen LogP contribution is -2.04. The lowest BCUT2D eigenvalue weighted by molar-refractivity contribution is 0.917. The first-order chi connectivity index (χ1) is 10.6. The molecule has 22 heavy (non-hydrogen) atoms. The third kappa shape index (κ3) is 2.88. The molecule has 110 valence electrons. The van der Waals surface area contributed by atoms with Crippen LogP contribution < -0.4 is 0 Å². The van der Waals surface area contributed by atoms with Crippen molar-refractivity contribution in [3.8, 4) is 22.5 Å². The summed E-state index contributed by atoms with van der Waals surface area (Å²) in [5.74, 6) is 0. The van der Waals surface area contributed by atoms with Gasteiger partial charge in [-0.25, -0.2) is 0 Å². The van der Waals surface area contributed by atoms with Crippen LogP contribution in [0.1, 0.15) is 5.56 Å². The van der Waals surface area contributed by atoms with E-state index in [-0.39, 0.29) is 0 Å². The molecule has 0 radical (unpaired) electrons. The van der Waals surface area contributed by atoms with Crippen LogP contribution in [0.4, 0.5) is 0 Å². The minimum absolute atomic E-state index is 0.896. The number of pyridine rings is 1. The van der Waals surface area contributed by atoms with E-state index >= 15 is 0 Å². The summed E-state index contributed by atoms with van der Waals surface area (Å²) >= 11 is 7.95. The Morgan fingerprint density at radius 3 is 2.18 bits per heavy atom. The number of nitrogens with zero attached hydrogens (tertiary/aromatic N) is 1. The van der Waals surface area contributed by atoms with Gasteiger partial charge in [-0.2, -0.15) is 0 Å². The molecule has 3 aromatic rings. The SMILES string of the molecule is Cc1ccc(-c2c(I)c(=S)cc(-c3ccccc3)n2C)cc1. The van der Waals surface area contributed by atoms with Gasteiger partial charge in [0, 0.05) is 12.7 Å². The highest BCUT2D eigenvalue weighted by molar-refractivity contribution is 14.1. The largest absolute Gasteiger partial charge is 0.343 e. The maximum Gasteiger partial charge on any atom is 0.0632 e. The first kappa shape index (κ1) is 15.4. The van der Waals surface area contributed by atoms with Gasteiger partial charge >= 0.3 is 0 Å². The number of aromatic nitrogens is 1. The van der Waals surface area contributed by atoms with Crippen molar-refractivity contribution in [3.05, 3.63) is 74.3 Å². The molecular weight excluding hydrogens is 401 g/mol. The second kappa shape index (κ2) is 6.34. The Hall–Kier alpha value is -1.46. The van der Waals surface area contributed by atoms with Crippen LogP contribution in [0.25, 0.3) is 22.5 Å². The third-order valence-corrected chi connectivity index (χ3v) is 5.56. The number of aryl methyl sites for hydroxylation is 1. The molecule has 2 aromatic carbocycles. The molecule has 0 bridgehead atoms. The van der Waals surface area contributed by atoms with Gasteiger partial charge in [0.2, 0.25) is 0 Å². The van der Waals surface area contributed by atoms with Crippen LogP contribution in [0.3, 0.4) is 0 Å². The highest BCUT2D eigenvalue weighted by Gasteiger charge is 2.12. The Morgan fingerprint density at radius 2 is 1.55 bits per heavy atom. The smallest absolute Gasteiger partial charge is 0.0632 e. The van der Waals surface area contributed by atoms with Gasteiger partial charge < -0.3 is 4.57 Å². The van der Waals surface area contributed by atoms with Gasteiger partial charge in [0.1, 0.15) is 0 Å². The van der Waals surface area contributed by atoms with E-state index in [1.807, 2.05) is 6.07 Å². The van der Waals surface area contributed by atoms with Crippen LogP contribution in [0.5, 0.6) is 0 Å². The Morgan fingerprint density at radius 1 is 0.909 bits per heavy atom. The highest BCUT2D eigenvalue weighted by Crippen LogP contribution is 2.31. The van der Waals surface area contributed by atoms with Crippen LogP contribution >= 0.6 is 34.8 Å². The molecule has 0 atom stereocenters. The average molecular weight is 417 g/mol. The van der Waals surface area contributed by atoms with Crippen LogP contribution in [0.2, 0.25) is 0 Å². The summed E-state index contributed by atoms with van der Waals surface area (Å²) in [5, 5.41) is 0. The first-order valence-electron chi connectivity index (χ1n) is 7.10. The van der Waals surface area contributed by atoms with Gasteiger partial charge in [-0.15, -0.1) is 0 Å². The molecule has 0 spiro atoms. The molecule has 3 heteroatoms. The Bertz CT molecular complexity index is 864. The first-order valence-corrected chi connectivity index (χ1v) is 8.58. The summed E-state index contributed by atoms with van der Waals surface area (Å²) < 4.78 is 4.25. The molecule has 0 N–H and O–H groups in total. The van der Waals surface area contributed by atoms with E-state index in [0.29, 0.717) is 0 Å². The van der Waals surface area contributed by atoms with Crippen molar-refractivity contribution in [2.24, 2.45) is 7.05 Å². The van der Waals surface area contributed by atoms with E-state index in [9.17, 15) is 0 Å². The normalized spacial score (nSPS) is 10.7. The van der Waals surface area contributed by atoms with Crippen molar-refractivity contribution < 1.29 is 0 Å². The molecule has 0 aliphatic carbocycles. The fourth-order valence-electron chi connectivity index (χ4n) is 2.59. The maximum atomic E-state index is 5.59. The number of halogens is 1. The zero-order chi connectivity index (χ0) is 15.7. The number of hydrogen-bond acceptors (Lipinski definition) is 1. The summed E-state index contributed by atoms with van der Waals surface area (Å²) in [6.45, 7) is 2.10. The molecular formula is C19H16INS. The molecule has 3 rings (SSSR count). The summed E-state index contributed by atoms with van der Waals surface area (Å²) in [5.41, 5.74) is 5.95. The highest BCUT2D eigenvalue weighted by atomic mass is 127. The molecule has 0 saturated carbocycles. The van der Waals surface area contributed by atoms with E-state index in [1.165, 1.54) is 22.4 Å². The van der Waals surface area contributed by atoms with Gasteiger partial charge in [-0.05, 0) is 46.7 Å². The van der Waals surface area contributed by atoms with Gasteiger partial charge in [-0.1, -0.05) is 72.4 Å². The second-order valence-corrected chi connectivity index (χ2v) is 6.87. The minimum atomic E-state index is 0.896. The van der Waals surface area contributed by atoms with Crippen molar-refractivity contribution in [2.75, 3.05) is 0 Å². The lowest BCUT2D eigenvalue weighted by Gasteiger charge is -2.17. The maximum absolute atomic E-state index is 5.59. The van der Waals surface area contributed by atoms with E-state index in [0.717, 1.165) is 13.8 Å². The Labute approximate surface area is 149 Å². The van der Waals surface area contributed by atoms with Crippen LogP contribution in [0.15, 0.2) is 60.7 Å². The fourth-order valence-corrected chi connectivity index (χ4v) is 3.62. The Balaban J connectivity index is 2.29. The monoisotopic (exact) mass is 417 g/mol. The zero-order valence-corrected chi connectivity index (χ0v) is 15.5. The van der Waals surface area contributed by atoms with Crippen LogP contribution in [0, 0.1) is 15.0 Å². The zero-order valence-electron chi connectivity index (χ0n) is 12.5. The third-order valence-electron chi connectivity index (χ3n) is 3.78. The van der Waals surface area contributed by atoms with Crippen molar-refractivity contribution >= 4 is 34.8 Å². The summed E-state index contributed by atoms with van der Waals surface area (Å²) in [6, 6.07) is 21.1. The topological polar surface area (TPSA) is 4.93 Å². The minimum Gasteiger partial charge on any atom is -0.343 e. The molecule has 0 fully saturated rings. The number of benzene rings is 2. The van der Waals surface area contributed by atoms with E-state index in [2.05, 4.69) is 95.7 Å². The molecule has 1 heterocycles. The molecule has 0 aliphatic heterocycles. The summed E-state index contributed by atoms with van der Waals surface area (Å²) in [4.78, 5) is 0. The quantitative estimate of drug-likeness (QED) is 0.366. The van der Waals surface area contributed by atoms with Gasteiger partial charge in [-0.3, -0.25) is 0 Å². The Kier molecular flexibility index (Phi) is 4.45. The molecule has 0 saturated heterocycles. The van der Waals surface area contributed by atoms with Crippen LogP contribution in [-0.2, 0) is 7.05 Å². The summed E-state index contributed by atoms with van der Waals surface area (Å²) in [6.07, 6.45) is 0. The molecule has 1 nitrogen and oxygen atoms in total. The molecule has 0 unspecified atom stereocenters. The number of rotatable bonds is 2. The molecule has 0 aliphatic rings.